The number of rotatable bonds is 10. The molecule has 1 N–H and O–H groups in total. The normalized spacial score (nSPS) is 27.5. The highest BCUT2D eigenvalue weighted by Crippen LogP contribution is 2.57. The van der Waals surface area contributed by atoms with E-state index in [2.05, 4.69) is 0 Å². The van der Waals surface area contributed by atoms with Crippen LogP contribution in [-0.4, -0.2) is 105 Å². The molecule has 0 aromatic heterocycles. The Balaban J connectivity index is 0.000000177. The van der Waals surface area contributed by atoms with Crippen LogP contribution < -0.4 is 9.80 Å². The average molecular weight is 925 g/mol. The Morgan fingerprint density at radius 1 is 0.529 bits per heavy atom. The number of ether oxygens (including phenoxy) is 2. The van der Waals surface area contributed by atoms with Crippen molar-refractivity contribution in [2.75, 3.05) is 16.9 Å². The topological polar surface area (TPSA) is 188 Å². The zero-order valence-corrected chi connectivity index (χ0v) is 39.3. The Morgan fingerprint density at radius 2 is 0.882 bits per heavy atom. The van der Waals surface area contributed by atoms with Crippen molar-refractivity contribution in [3.63, 3.8) is 0 Å². The number of aliphatic hydroxyl groups excluding tert-OH is 1. The molecule has 0 saturated carbocycles. The van der Waals surface area contributed by atoms with Crippen molar-refractivity contribution in [1.29, 1.82) is 0 Å². The number of benzene rings is 4. The van der Waals surface area contributed by atoms with Gasteiger partial charge in [0.1, 0.15) is 11.6 Å². The summed E-state index contributed by atoms with van der Waals surface area (Å²) in [7, 11) is 1.00. The molecule has 2 spiro atoms. The van der Waals surface area contributed by atoms with Crippen molar-refractivity contribution in [2.45, 2.75) is 116 Å². The molecule has 4 amide bonds. The molecule has 4 aromatic rings. The molecule has 6 saturated heterocycles. The Labute approximate surface area is 395 Å². The molecule has 10 rings (SSSR count). The van der Waals surface area contributed by atoms with Crippen LogP contribution in [0.5, 0.6) is 0 Å². The van der Waals surface area contributed by atoms with Crippen molar-refractivity contribution in [3.8, 4) is 0 Å². The summed E-state index contributed by atoms with van der Waals surface area (Å²) in [6.45, 7) is 11.2. The summed E-state index contributed by atoms with van der Waals surface area (Å²) >= 11 is 0. The number of Topliss-reactive ketones (excluding diaryl/α,β-unsaturated/α-hetero) is 2. The molecule has 0 unspecified atom stereocenters. The van der Waals surface area contributed by atoms with Gasteiger partial charge in [0.05, 0.1) is 36.8 Å². The first-order valence-electron chi connectivity index (χ1n) is 22.9. The van der Waals surface area contributed by atoms with Gasteiger partial charge in [0, 0.05) is 44.4 Å². The van der Waals surface area contributed by atoms with Crippen LogP contribution in [0.15, 0.2) is 97.1 Å². The minimum Gasteiger partial charge on any atom is -0.453 e. The third-order valence-electron chi connectivity index (χ3n) is 14.7. The van der Waals surface area contributed by atoms with Crippen molar-refractivity contribution < 1.29 is 52.9 Å². The van der Waals surface area contributed by atoms with Gasteiger partial charge in [-0.05, 0) is 87.1 Å². The van der Waals surface area contributed by atoms with Crippen molar-refractivity contribution in [3.05, 3.63) is 130 Å². The largest absolute Gasteiger partial charge is 0.453 e. The highest BCUT2D eigenvalue weighted by molar-refractivity contribution is 6.13. The SMILES string of the molecule is CC(=O)C[C@@H]1N(Cc2ccccc2)C(=O)[C@H]2N(c3cccc(C)c3C)C(=O)[C@@H]3CC(=O)O[C@@]132.CC(=O)C[C@@H]1N(Cc2ccccc2)C(=O)[C@H]2N(c3cccc(C)c3C)C(=O)[C@@H]3CC(=O)O[C@@]132.CO. The Bertz CT molecular complexity index is 2540. The summed E-state index contributed by atoms with van der Waals surface area (Å²) in [5, 5.41) is 7.00. The van der Waals surface area contributed by atoms with Gasteiger partial charge >= 0.3 is 11.9 Å². The maximum Gasteiger partial charge on any atom is 0.307 e. The lowest BCUT2D eigenvalue weighted by atomic mass is 9.80. The van der Waals surface area contributed by atoms with E-state index in [-0.39, 0.29) is 74.0 Å². The van der Waals surface area contributed by atoms with Gasteiger partial charge in [-0.15, -0.1) is 0 Å². The first-order valence-corrected chi connectivity index (χ1v) is 22.9. The fourth-order valence-electron chi connectivity index (χ4n) is 11.5. The first-order chi connectivity index (χ1) is 32.5. The van der Waals surface area contributed by atoms with Crippen molar-refractivity contribution in [1.82, 2.24) is 9.80 Å². The van der Waals surface area contributed by atoms with Crippen LogP contribution in [-0.2, 0) is 60.9 Å². The lowest BCUT2D eigenvalue weighted by Gasteiger charge is -2.34. The summed E-state index contributed by atoms with van der Waals surface area (Å²) in [6.07, 6.45) is -0.130. The highest BCUT2D eigenvalue weighted by Gasteiger charge is 2.78. The average Bonchev–Trinajstić information content (AvgIpc) is 4.07. The van der Waals surface area contributed by atoms with E-state index in [1.54, 1.807) is 9.80 Å². The molecule has 354 valence electrons. The van der Waals surface area contributed by atoms with E-state index >= 15 is 0 Å². The van der Waals surface area contributed by atoms with Gasteiger partial charge in [0.15, 0.2) is 23.3 Å². The second-order valence-electron chi connectivity index (χ2n) is 18.6. The van der Waals surface area contributed by atoms with Crippen LogP contribution in [0.3, 0.4) is 0 Å². The Kier molecular flexibility index (Phi) is 12.7. The van der Waals surface area contributed by atoms with Crippen LogP contribution in [0, 0.1) is 39.5 Å². The molecular weight excluding hydrogens is 869 g/mol. The minimum atomic E-state index is -1.37. The van der Waals surface area contributed by atoms with Crippen molar-refractivity contribution >= 4 is 58.5 Å². The molecule has 68 heavy (non-hydrogen) atoms. The number of carbonyl (C=O) groups is 8. The number of nitrogens with zero attached hydrogens (tertiary/aromatic N) is 4. The predicted octanol–water partition coefficient (Wildman–Crippen LogP) is 5.03. The number of esters is 2. The fourth-order valence-corrected chi connectivity index (χ4v) is 11.5. The van der Waals surface area contributed by atoms with Crippen LogP contribution in [0.25, 0.3) is 0 Å². The summed E-state index contributed by atoms with van der Waals surface area (Å²) in [5.41, 5.74) is 4.13. The summed E-state index contributed by atoms with van der Waals surface area (Å²) in [6, 6.07) is 26.9. The van der Waals surface area contributed by atoms with Crippen LogP contribution in [0.2, 0.25) is 0 Å². The molecule has 15 nitrogen and oxygen atoms in total. The lowest BCUT2D eigenvalue weighted by molar-refractivity contribution is -0.153. The van der Waals surface area contributed by atoms with Gasteiger partial charge in [-0.2, -0.15) is 0 Å². The monoisotopic (exact) mass is 924 g/mol. The molecule has 15 heteroatoms. The summed E-state index contributed by atoms with van der Waals surface area (Å²) in [5.74, 6) is -4.02. The molecule has 0 aliphatic carbocycles. The van der Waals surface area contributed by atoms with Gasteiger partial charge in [-0.3, -0.25) is 48.2 Å². The van der Waals surface area contributed by atoms with E-state index in [9.17, 15) is 38.4 Å². The van der Waals surface area contributed by atoms with Gasteiger partial charge in [-0.1, -0.05) is 84.9 Å². The van der Waals surface area contributed by atoms with E-state index in [0.717, 1.165) is 40.5 Å². The quantitative estimate of drug-likeness (QED) is 0.210. The van der Waals surface area contributed by atoms with E-state index in [4.69, 9.17) is 14.6 Å². The molecule has 4 aromatic carbocycles. The molecule has 0 bridgehead atoms. The number of aryl methyl sites for hydroxylation is 2. The number of hydrogen-bond donors (Lipinski definition) is 1. The smallest absolute Gasteiger partial charge is 0.307 e. The molecule has 6 fully saturated rings. The van der Waals surface area contributed by atoms with E-state index in [1.165, 1.54) is 23.6 Å². The van der Waals surface area contributed by atoms with Crippen molar-refractivity contribution in [2.24, 2.45) is 11.8 Å². The number of anilines is 2. The van der Waals surface area contributed by atoms with Crippen LogP contribution in [0.1, 0.15) is 72.9 Å². The molecule has 6 aliphatic rings. The zero-order chi connectivity index (χ0) is 49.0. The third kappa shape index (κ3) is 7.47. The van der Waals surface area contributed by atoms with Gasteiger partial charge in [0.2, 0.25) is 11.8 Å². The third-order valence-corrected chi connectivity index (χ3v) is 14.7. The van der Waals surface area contributed by atoms with Gasteiger partial charge in [-0.25, -0.2) is 0 Å². The maximum atomic E-state index is 14.0. The van der Waals surface area contributed by atoms with E-state index in [0.29, 0.717) is 11.4 Å². The second kappa shape index (κ2) is 18.2. The fraction of sp³-hybridized carbons (Fsp3) is 0.396. The number of amides is 4. The van der Waals surface area contributed by atoms with Crippen LogP contribution >= 0.6 is 0 Å². The first kappa shape index (κ1) is 47.5. The predicted molar refractivity (Wildman–Crippen MR) is 249 cm³/mol. The standard InChI is InChI=1S/2C26H26N2O5.CH4O/c2*1-15-8-7-11-20(17(15)3)28-23-25(32)27(14-18-9-5-4-6-10-18)21(12-16(2)29)26(23)19(24(28)31)13-22(30)33-26;1-2/h2*4-11,19,21,23H,12-14H2,1-3H3;2H,1H3/t2*19-,21-,23+,26+;/m00./s1. The number of ketones is 2. The second-order valence-corrected chi connectivity index (χ2v) is 18.6. The molecule has 6 aliphatic heterocycles. The van der Waals surface area contributed by atoms with Gasteiger partial charge < -0.3 is 24.4 Å². The number of hydrogen-bond acceptors (Lipinski definition) is 11. The Hall–Kier alpha value is -7.00. The maximum absolute atomic E-state index is 14.0. The number of aliphatic hydroxyl groups is 1. The summed E-state index contributed by atoms with van der Waals surface area (Å²) in [4.78, 5) is 111. The summed E-state index contributed by atoms with van der Waals surface area (Å²) < 4.78 is 11.8. The van der Waals surface area contributed by atoms with E-state index in [1.807, 2.05) is 125 Å². The van der Waals surface area contributed by atoms with Crippen LogP contribution in [0.4, 0.5) is 11.4 Å². The minimum absolute atomic E-state index is 0.0206. The molecule has 0 radical (unpaired) electrons. The van der Waals surface area contributed by atoms with E-state index < -0.39 is 59.1 Å². The lowest BCUT2D eigenvalue weighted by Crippen LogP contribution is -2.52. The number of carbonyl (C=O) groups excluding carboxylic acids is 8. The van der Waals surface area contributed by atoms with Gasteiger partial charge in [0.25, 0.3) is 11.8 Å². The Morgan fingerprint density at radius 3 is 1.22 bits per heavy atom. The zero-order valence-electron chi connectivity index (χ0n) is 39.3. The number of likely N-dealkylation sites (tertiary alicyclic amines) is 2. The molecule has 8 atom stereocenters. The highest BCUT2D eigenvalue weighted by atomic mass is 16.6. The molecular formula is C53H56N4O11. The molecule has 6 heterocycles.